The van der Waals surface area contributed by atoms with Gasteiger partial charge in [0.2, 0.25) is 5.91 Å². The molecule has 0 aliphatic carbocycles. The number of aromatic nitrogens is 3. The lowest BCUT2D eigenvalue weighted by molar-refractivity contribution is -0.122. The van der Waals surface area contributed by atoms with Gasteiger partial charge >= 0.3 is 0 Å². The van der Waals surface area contributed by atoms with Gasteiger partial charge in [-0.3, -0.25) is 4.79 Å². The molecule has 5 nitrogen and oxygen atoms in total. The summed E-state index contributed by atoms with van der Waals surface area (Å²) in [7, 11) is 0. The zero-order chi connectivity index (χ0) is 16.9. The third-order valence-corrected chi connectivity index (χ3v) is 5.54. The molecular weight excluding hydrogens is 340 g/mol. The van der Waals surface area contributed by atoms with Gasteiger partial charge in [0.1, 0.15) is 10.8 Å². The van der Waals surface area contributed by atoms with E-state index in [4.69, 9.17) is 0 Å². The van der Waals surface area contributed by atoms with Crippen LogP contribution in [0.4, 0.5) is 0 Å². The summed E-state index contributed by atoms with van der Waals surface area (Å²) in [6.45, 7) is 3.98. The monoisotopic (exact) mass is 360 g/mol. The third-order valence-electron chi connectivity index (χ3n) is 3.92. The van der Waals surface area contributed by atoms with Gasteiger partial charge in [0.15, 0.2) is 0 Å². The number of thiophene rings is 1. The number of nitrogens with zero attached hydrogens (tertiary/aromatic N) is 3. The molecule has 0 spiro atoms. The molecule has 126 valence electrons. The smallest absolute Gasteiger partial charge is 0.222 e. The van der Waals surface area contributed by atoms with Crippen LogP contribution in [0, 0.1) is 6.92 Å². The number of thiazole rings is 1. The summed E-state index contributed by atoms with van der Waals surface area (Å²) in [5.74, 6) is 0.955. The summed E-state index contributed by atoms with van der Waals surface area (Å²) in [6.07, 6.45) is 6.64. The highest BCUT2D eigenvalue weighted by molar-refractivity contribution is 7.09. The Morgan fingerprint density at radius 2 is 2.21 bits per heavy atom. The minimum Gasteiger partial charge on any atom is -0.346 e. The first-order valence-corrected chi connectivity index (χ1v) is 9.65. The zero-order valence-corrected chi connectivity index (χ0v) is 15.3. The van der Waals surface area contributed by atoms with Crippen molar-refractivity contribution in [1.82, 2.24) is 19.9 Å². The maximum absolute atomic E-state index is 12.5. The number of nitrogens with one attached hydrogen (secondary N) is 1. The number of carbonyl (C=O) groups is 1. The largest absolute Gasteiger partial charge is 0.346 e. The van der Waals surface area contributed by atoms with E-state index in [1.54, 1.807) is 35.1 Å². The second-order valence-electron chi connectivity index (χ2n) is 5.76. The van der Waals surface area contributed by atoms with Gasteiger partial charge in [0.05, 0.1) is 6.04 Å². The average Bonchev–Trinajstić information content (AvgIpc) is 3.29. The third kappa shape index (κ3) is 4.10. The molecule has 0 aromatic carbocycles. The fourth-order valence-corrected chi connectivity index (χ4v) is 4.10. The molecule has 0 unspecified atom stereocenters. The van der Waals surface area contributed by atoms with E-state index >= 15 is 0 Å². The molecule has 1 amide bonds. The zero-order valence-electron chi connectivity index (χ0n) is 13.7. The Hall–Kier alpha value is -1.99. The molecule has 1 N–H and O–H groups in total. The van der Waals surface area contributed by atoms with Crippen LogP contribution < -0.4 is 5.32 Å². The maximum atomic E-state index is 12.5. The number of imidazole rings is 1. The Morgan fingerprint density at radius 1 is 1.33 bits per heavy atom. The Bertz CT molecular complexity index is 764. The standard InChI is InChI=1S/C17H20N4OS2/c1-12(21-6-4-18-13(21)2)9-16(22)20-15(17-19-5-8-24-17)10-14-3-7-23-11-14/h3-8,11-12,15H,9-10H2,1-2H3,(H,20,22)/t12-,15+/m1/s1. The SMILES string of the molecule is Cc1nccn1[C@H](C)CC(=O)N[C@@H](Cc1ccsc1)c1nccs1. The highest BCUT2D eigenvalue weighted by atomic mass is 32.1. The fourth-order valence-electron chi connectivity index (χ4n) is 2.72. The predicted octanol–water partition coefficient (Wildman–Crippen LogP) is 3.76. The second kappa shape index (κ2) is 7.72. The van der Waals surface area contributed by atoms with Crippen molar-refractivity contribution in [1.29, 1.82) is 0 Å². The van der Waals surface area contributed by atoms with Gasteiger partial charge in [0, 0.05) is 42.9 Å². The molecule has 2 atom stereocenters. The first-order valence-electron chi connectivity index (χ1n) is 7.82. The maximum Gasteiger partial charge on any atom is 0.222 e. The van der Waals surface area contributed by atoms with Gasteiger partial charge in [0.25, 0.3) is 0 Å². The molecule has 0 aliphatic rings. The first-order chi connectivity index (χ1) is 11.6. The fraction of sp³-hybridized carbons (Fsp3) is 0.353. The quantitative estimate of drug-likeness (QED) is 0.698. The lowest BCUT2D eigenvalue weighted by Crippen LogP contribution is -2.31. The van der Waals surface area contributed by atoms with Crippen molar-refractivity contribution in [2.24, 2.45) is 0 Å². The summed E-state index contributed by atoms with van der Waals surface area (Å²) < 4.78 is 2.02. The van der Waals surface area contributed by atoms with Crippen molar-refractivity contribution >= 4 is 28.6 Å². The van der Waals surface area contributed by atoms with Crippen LogP contribution in [0.25, 0.3) is 0 Å². The minimum absolute atomic E-state index is 0.0334. The van der Waals surface area contributed by atoms with E-state index in [0.717, 1.165) is 17.3 Å². The highest BCUT2D eigenvalue weighted by Gasteiger charge is 2.20. The van der Waals surface area contributed by atoms with Crippen LogP contribution in [0.3, 0.4) is 0 Å². The van der Waals surface area contributed by atoms with Gasteiger partial charge in [-0.1, -0.05) is 0 Å². The minimum atomic E-state index is -0.0804. The van der Waals surface area contributed by atoms with Gasteiger partial charge < -0.3 is 9.88 Å². The van der Waals surface area contributed by atoms with Crippen LogP contribution in [0.15, 0.2) is 40.8 Å². The summed E-state index contributed by atoms with van der Waals surface area (Å²) in [5.41, 5.74) is 1.22. The van der Waals surface area contributed by atoms with Crippen LogP contribution in [0.1, 0.15) is 41.8 Å². The molecule has 3 aromatic rings. The highest BCUT2D eigenvalue weighted by Crippen LogP contribution is 2.23. The lowest BCUT2D eigenvalue weighted by Gasteiger charge is -2.19. The Morgan fingerprint density at radius 3 is 2.83 bits per heavy atom. The van der Waals surface area contributed by atoms with Gasteiger partial charge in [-0.2, -0.15) is 11.3 Å². The average molecular weight is 361 g/mol. The predicted molar refractivity (Wildman–Crippen MR) is 97.3 cm³/mol. The van der Waals surface area contributed by atoms with Crippen molar-refractivity contribution in [3.05, 3.63) is 57.2 Å². The second-order valence-corrected chi connectivity index (χ2v) is 7.47. The van der Waals surface area contributed by atoms with Crippen LogP contribution in [-0.2, 0) is 11.2 Å². The Balaban J connectivity index is 1.66. The van der Waals surface area contributed by atoms with E-state index < -0.39 is 0 Å². The molecule has 3 rings (SSSR count). The van der Waals surface area contributed by atoms with Gasteiger partial charge in [-0.15, -0.1) is 11.3 Å². The van der Waals surface area contributed by atoms with Crippen molar-refractivity contribution in [3.63, 3.8) is 0 Å². The number of hydrogen-bond donors (Lipinski definition) is 1. The number of carbonyl (C=O) groups excluding carboxylic acids is 1. The molecule has 3 aromatic heterocycles. The van der Waals surface area contributed by atoms with Gasteiger partial charge in [-0.25, -0.2) is 9.97 Å². The molecule has 3 heterocycles. The van der Waals surface area contributed by atoms with Crippen LogP contribution in [0.5, 0.6) is 0 Å². The number of hydrogen-bond acceptors (Lipinski definition) is 5. The molecule has 0 aliphatic heterocycles. The van der Waals surface area contributed by atoms with Crippen molar-refractivity contribution in [2.75, 3.05) is 0 Å². The molecule has 24 heavy (non-hydrogen) atoms. The molecule has 0 fully saturated rings. The summed E-state index contributed by atoms with van der Waals surface area (Å²) >= 11 is 3.24. The first kappa shape index (κ1) is 16.9. The Labute approximate surface area is 149 Å². The topological polar surface area (TPSA) is 59.8 Å². The van der Waals surface area contributed by atoms with E-state index in [0.29, 0.717) is 6.42 Å². The van der Waals surface area contributed by atoms with Crippen LogP contribution in [-0.4, -0.2) is 20.4 Å². The van der Waals surface area contributed by atoms with Gasteiger partial charge in [-0.05, 0) is 36.2 Å². The molecular formula is C17H20N4OS2. The molecule has 0 saturated carbocycles. The summed E-state index contributed by atoms with van der Waals surface area (Å²) in [4.78, 5) is 21.1. The van der Waals surface area contributed by atoms with Crippen molar-refractivity contribution in [2.45, 2.75) is 38.8 Å². The summed E-state index contributed by atoms with van der Waals surface area (Å²) in [6, 6.07) is 2.09. The number of amides is 1. The number of rotatable bonds is 7. The van der Waals surface area contributed by atoms with Crippen LogP contribution >= 0.6 is 22.7 Å². The number of aryl methyl sites for hydroxylation is 1. The molecule has 0 radical (unpaired) electrons. The van der Waals surface area contributed by atoms with E-state index in [2.05, 4.69) is 32.1 Å². The lowest BCUT2D eigenvalue weighted by atomic mass is 10.1. The van der Waals surface area contributed by atoms with E-state index in [1.165, 1.54) is 5.56 Å². The van der Waals surface area contributed by atoms with E-state index in [1.807, 2.05) is 30.0 Å². The van der Waals surface area contributed by atoms with E-state index in [9.17, 15) is 4.79 Å². The normalized spacial score (nSPS) is 13.6. The summed E-state index contributed by atoms with van der Waals surface area (Å²) in [5, 5.41) is 10.2. The Kier molecular flexibility index (Phi) is 5.42. The van der Waals surface area contributed by atoms with E-state index in [-0.39, 0.29) is 18.0 Å². The van der Waals surface area contributed by atoms with Crippen molar-refractivity contribution < 1.29 is 4.79 Å². The molecule has 0 saturated heterocycles. The van der Waals surface area contributed by atoms with Crippen LogP contribution in [0.2, 0.25) is 0 Å². The molecule has 0 bridgehead atoms. The van der Waals surface area contributed by atoms with Crippen molar-refractivity contribution in [3.8, 4) is 0 Å². The molecule has 7 heteroatoms.